The number of nitrogens with one attached hydrogen (secondary N) is 2. The van der Waals surface area contributed by atoms with Crippen molar-refractivity contribution in [2.75, 3.05) is 38.3 Å². The SMILES string of the molecule is CN1C(=O)[C@@H](NC(=O)n2cc(Cc3cccc(F)c3)cn2)COc2ccc(OCC3CCNCC3)cc21. The quantitative estimate of drug-likeness (QED) is 0.533. The van der Waals surface area contributed by atoms with Gasteiger partial charge in [0.25, 0.3) is 5.91 Å². The number of carbonyl (C=O) groups is 2. The normalized spacial score (nSPS) is 18.1. The van der Waals surface area contributed by atoms with Crippen molar-refractivity contribution in [3.63, 3.8) is 0 Å². The van der Waals surface area contributed by atoms with Crippen molar-refractivity contribution in [3.05, 3.63) is 71.8 Å². The van der Waals surface area contributed by atoms with E-state index < -0.39 is 12.1 Å². The fourth-order valence-corrected chi connectivity index (χ4v) is 4.59. The first kappa shape index (κ1) is 24.8. The molecule has 2 aliphatic heterocycles. The lowest BCUT2D eigenvalue weighted by molar-refractivity contribution is -0.120. The van der Waals surface area contributed by atoms with Crippen molar-refractivity contribution in [1.82, 2.24) is 20.4 Å². The highest BCUT2D eigenvalue weighted by Gasteiger charge is 2.31. The van der Waals surface area contributed by atoms with Gasteiger partial charge >= 0.3 is 6.03 Å². The summed E-state index contributed by atoms with van der Waals surface area (Å²) >= 11 is 0. The van der Waals surface area contributed by atoms with E-state index in [1.165, 1.54) is 17.0 Å². The second kappa shape index (κ2) is 11.0. The number of anilines is 1. The topological polar surface area (TPSA) is 97.7 Å². The summed E-state index contributed by atoms with van der Waals surface area (Å²) in [6, 6.07) is 10.2. The van der Waals surface area contributed by atoms with Gasteiger partial charge in [-0.25, -0.2) is 9.18 Å². The number of nitrogens with zero attached hydrogens (tertiary/aromatic N) is 3. The highest BCUT2D eigenvalue weighted by Crippen LogP contribution is 2.34. The van der Waals surface area contributed by atoms with Crippen LogP contribution in [0.3, 0.4) is 0 Å². The Morgan fingerprint density at radius 2 is 2.05 bits per heavy atom. The van der Waals surface area contributed by atoms with Crippen molar-refractivity contribution < 1.29 is 23.5 Å². The molecule has 1 fully saturated rings. The van der Waals surface area contributed by atoms with Crippen molar-refractivity contribution >= 4 is 17.6 Å². The predicted molar refractivity (Wildman–Crippen MR) is 136 cm³/mol. The lowest BCUT2D eigenvalue weighted by atomic mass is 9.99. The highest BCUT2D eigenvalue weighted by molar-refractivity contribution is 6.00. The van der Waals surface area contributed by atoms with Gasteiger partial charge < -0.3 is 25.0 Å². The molecule has 3 heterocycles. The first-order chi connectivity index (χ1) is 18.0. The van der Waals surface area contributed by atoms with Gasteiger partial charge in [-0.15, -0.1) is 0 Å². The summed E-state index contributed by atoms with van der Waals surface area (Å²) in [4.78, 5) is 27.5. The standard InChI is InChI=1S/C27H30FN5O4/c1-32-24-13-22(36-16-18-7-9-29-10-8-18)5-6-25(24)37-17-23(26(32)34)31-27(35)33-15-20(14-30-33)11-19-3-2-4-21(28)12-19/h2-6,12-15,18,23,29H,7-11,16-17H2,1H3,(H,31,35)/t23-/m0/s1. The third kappa shape index (κ3) is 5.91. The Balaban J connectivity index is 1.21. The number of carbonyl (C=O) groups excluding carboxylic acids is 2. The molecule has 1 atom stereocenters. The van der Waals surface area contributed by atoms with Gasteiger partial charge in [0.1, 0.15) is 30.0 Å². The molecule has 1 aromatic heterocycles. The van der Waals surface area contributed by atoms with E-state index in [0.29, 0.717) is 36.1 Å². The van der Waals surface area contributed by atoms with Crippen LogP contribution in [-0.4, -0.2) is 61.1 Å². The van der Waals surface area contributed by atoms with E-state index in [1.54, 1.807) is 43.7 Å². The maximum Gasteiger partial charge on any atom is 0.342 e. The van der Waals surface area contributed by atoms with Crippen LogP contribution in [0.15, 0.2) is 54.9 Å². The molecule has 0 saturated carbocycles. The van der Waals surface area contributed by atoms with Crippen molar-refractivity contribution in [3.8, 4) is 11.5 Å². The third-order valence-corrected chi connectivity index (χ3v) is 6.71. The Morgan fingerprint density at radius 1 is 1.22 bits per heavy atom. The van der Waals surface area contributed by atoms with Crippen molar-refractivity contribution in [1.29, 1.82) is 0 Å². The number of amides is 2. The molecule has 0 spiro atoms. The van der Waals surface area contributed by atoms with Gasteiger partial charge in [0, 0.05) is 25.7 Å². The zero-order valence-electron chi connectivity index (χ0n) is 20.7. The summed E-state index contributed by atoms with van der Waals surface area (Å²) in [6.45, 7) is 2.61. The molecule has 2 aliphatic rings. The summed E-state index contributed by atoms with van der Waals surface area (Å²) < 4.78 is 26.5. The first-order valence-electron chi connectivity index (χ1n) is 12.4. The molecule has 10 heteroatoms. The van der Waals surface area contributed by atoms with Crippen LogP contribution in [0, 0.1) is 11.7 Å². The monoisotopic (exact) mass is 507 g/mol. The molecule has 0 radical (unpaired) electrons. The number of benzene rings is 2. The van der Waals surface area contributed by atoms with Gasteiger partial charge in [-0.1, -0.05) is 12.1 Å². The number of aromatic nitrogens is 2. The number of rotatable bonds is 6. The van der Waals surface area contributed by atoms with E-state index in [9.17, 15) is 14.0 Å². The molecular weight excluding hydrogens is 477 g/mol. The fourth-order valence-electron chi connectivity index (χ4n) is 4.59. The molecule has 9 nitrogen and oxygen atoms in total. The largest absolute Gasteiger partial charge is 0.493 e. The van der Waals surface area contributed by atoms with E-state index in [0.717, 1.165) is 41.7 Å². The molecule has 2 amide bonds. The van der Waals surface area contributed by atoms with Crippen LogP contribution in [0.25, 0.3) is 0 Å². The second-order valence-electron chi connectivity index (χ2n) is 9.44. The smallest absolute Gasteiger partial charge is 0.342 e. The number of ether oxygens (including phenoxy) is 2. The average molecular weight is 508 g/mol. The number of hydrogen-bond donors (Lipinski definition) is 2. The molecular formula is C27H30FN5O4. The zero-order valence-corrected chi connectivity index (χ0v) is 20.7. The summed E-state index contributed by atoms with van der Waals surface area (Å²) in [5.41, 5.74) is 2.09. The van der Waals surface area contributed by atoms with Crippen LogP contribution in [0.4, 0.5) is 14.9 Å². The van der Waals surface area contributed by atoms with E-state index in [1.807, 2.05) is 6.07 Å². The van der Waals surface area contributed by atoms with Crippen LogP contribution < -0.4 is 25.0 Å². The van der Waals surface area contributed by atoms with Crippen LogP contribution >= 0.6 is 0 Å². The predicted octanol–water partition coefficient (Wildman–Crippen LogP) is 2.97. The number of piperidine rings is 1. The van der Waals surface area contributed by atoms with E-state index in [4.69, 9.17) is 9.47 Å². The molecule has 3 aromatic rings. The van der Waals surface area contributed by atoms with Crippen molar-refractivity contribution in [2.45, 2.75) is 25.3 Å². The minimum atomic E-state index is -0.903. The average Bonchev–Trinajstić information content (AvgIpc) is 3.34. The Morgan fingerprint density at radius 3 is 2.86 bits per heavy atom. The Kier molecular flexibility index (Phi) is 7.36. The molecule has 0 unspecified atom stereocenters. The lowest BCUT2D eigenvalue weighted by Gasteiger charge is -2.23. The maximum absolute atomic E-state index is 13.5. The summed E-state index contributed by atoms with van der Waals surface area (Å²) in [7, 11) is 1.65. The summed E-state index contributed by atoms with van der Waals surface area (Å²) in [6.07, 6.45) is 5.69. The molecule has 194 valence electrons. The van der Waals surface area contributed by atoms with Gasteiger partial charge in [-0.3, -0.25) is 4.79 Å². The Labute approximate surface area is 214 Å². The number of hydrogen-bond acceptors (Lipinski definition) is 6. The maximum atomic E-state index is 13.5. The third-order valence-electron chi connectivity index (χ3n) is 6.71. The number of likely N-dealkylation sites (N-methyl/N-ethyl adjacent to an activating group) is 1. The van der Waals surface area contributed by atoms with E-state index in [-0.39, 0.29) is 18.3 Å². The van der Waals surface area contributed by atoms with Gasteiger partial charge in [-0.05, 0) is 67.2 Å². The Bertz CT molecular complexity index is 1270. The summed E-state index contributed by atoms with van der Waals surface area (Å²) in [5.74, 6) is 1.09. The Hall–Kier alpha value is -3.92. The number of halogens is 1. The first-order valence-corrected chi connectivity index (χ1v) is 12.4. The molecule has 1 saturated heterocycles. The minimum Gasteiger partial charge on any atom is -0.493 e. The van der Waals surface area contributed by atoms with Gasteiger partial charge in [0.05, 0.1) is 18.5 Å². The van der Waals surface area contributed by atoms with E-state index >= 15 is 0 Å². The van der Waals surface area contributed by atoms with Gasteiger partial charge in [-0.2, -0.15) is 9.78 Å². The van der Waals surface area contributed by atoms with E-state index in [2.05, 4.69) is 15.7 Å². The lowest BCUT2D eigenvalue weighted by Crippen LogP contribution is -2.50. The molecule has 2 N–H and O–H groups in total. The zero-order chi connectivity index (χ0) is 25.8. The fraction of sp³-hybridized carbons (Fsp3) is 0.370. The minimum absolute atomic E-state index is 0.0192. The molecule has 37 heavy (non-hydrogen) atoms. The van der Waals surface area contributed by atoms with Gasteiger partial charge in [0.15, 0.2) is 0 Å². The van der Waals surface area contributed by atoms with Crippen LogP contribution in [0.2, 0.25) is 0 Å². The van der Waals surface area contributed by atoms with Crippen LogP contribution in [0.5, 0.6) is 11.5 Å². The summed E-state index contributed by atoms with van der Waals surface area (Å²) in [5, 5.41) is 10.2. The van der Waals surface area contributed by atoms with Crippen molar-refractivity contribution in [2.24, 2.45) is 5.92 Å². The molecule has 0 aliphatic carbocycles. The molecule has 5 rings (SSSR count). The number of fused-ring (bicyclic) bond motifs is 1. The van der Waals surface area contributed by atoms with Gasteiger partial charge in [0.2, 0.25) is 0 Å². The molecule has 2 aromatic carbocycles. The second-order valence-corrected chi connectivity index (χ2v) is 9.44. The van der Waals surface area contributed by atoms with Crippen LogP contribution in [0.1, 0.15) is 24.0 Å². The molecule has 0 bridgehead atoms. The van der Waals surface area contributed by atoms with Crippen LogP contribution in [-0.2, 0) is 11.2 Å². The highest BCUT2D eigenvalue weighted by atomic mass is 19.1.